The van der Waals surface area contributed by atoms with Crippen LogP contribution in [0.4, 0.5) is 0 Å². The monoisotopic (exact) mass is 332 g/mol. The number of H-pyrrole nitrogens is 1. The van der Waals surface area contributed by atoms with Crippen LogP contribution in [0.1, 0.15) is 49.1 Å². The number of allylic oxidation sites excluding steroid dienone is 2. The molecule has 0 aliphatic heterocycles. The predicted octanol–water partition coefficient (Wildman–Crippen LogP) is 3.73. The molecule has 1 aromatic carbocycles. The first kappa shape index (κ1) is 15.0. The third-order valence-corrected chi connectivity index (χ3v) is 6.45. The Morgan fingerprint density at radius 2 is 2.08 bits per heavy atom. The van der Waals surface area contributed by atoms with Gasteiger partial charge in [-0.25, -0.2) is 0 Å². The number of rotatable bonds is 5. The number of hydrogen-bond donors (Lipinski definition) is 3. The highest BCUT2D eigenvalue weighted by atomic mass is 15.1. The topological polar surface area (TPSA) is 80.7 Å². The molecule has 3 aliphatic carbocycles. The summed E-state index contributed by atoms with van der Waals surface area (Å²) < 4.78 is 0. The lowest BCUT2D eigenvalue weighted by atomic mass is 9.93. The summed E-state index contributed by atoms with van der Waals surface area (Å²) in [6, 6.07) is 4.25. The lowest BCUT2D eigenvalue weighted by Crippen LogP contribution is -2.28. The SMILES string of the molecule is C=C(/C=C\C(=C/N)C1(N)CC12CC2)c1ccc2[nH]ncc2c1C1CC1. The Morgan fingerprint density at radius 1 is 1.28 bits per heavy atom. The molecule has 3 fully saturated rings. The first-order valence-corrected chi connectivity index (χ1v) is 9.13. The van der Waals surface area contributed by atoms with Gasteiger partial charge in [0, 0.05) is 10.9 Å². The Morgan fingerprint density at radius 3 is 2.72 bits per heavy atom. The van der Waals surface area contributed by atoms with Crippen molar-refractivity contribution >= 4 is 16.5 Å². The Balaban J connectivity index is 1.46. The molecule has 1 spiro atoms. The molecule has 1 atom stereocenters. The van der Waals surface area contributed by atoms with Gasteiger partial charge in [-0.05, 0) is 78.0 Å². The van der Waals surface area contributed by atoms with Gasteiger partial charge >= 0.3 is 0 Å². The molecule has 1 aromatic heterocycles. The Hall–Kier alpha value is -2.33. The van der Waals surface area contributed by atoms with Crippen LogP contribution < -0.4 is 11.5 Å². The van der Waals surface area contributed by atoms with E-state index in [0.29, 0.717) is 11.3 Å². The molecule has 3 aliphatic rings. The smallest absolute Gasteiger partial charge is 0.0653 e. The van der Waals surface area contributed by atoms with Crippen LogP contribution in [0, 0.1) is 5.41 Å². The summed E-state index contributed by atoms with van der Waals surface area (Å²) in [6.07, 6.45) is 13.8. The van der Waals surface area contributed by atoms with Crippen LogP contribution in [0.15, 0.2) is 48.8 Å². The van der Waals surface area contributed by atoms with Crippen LogP contribution in [0.5, 0.6) is 0 Å². The number of nitrogens with two attached hydrogens (primary N) is 2. The van der Waals surface area contributed by atoms with E-state index >= 15 is 0 Å². The second kappa shape index (κ2) is 4.85. The van der Waals surface area contributed by atoms with Gasteiger partial charge in [-0.1, -0.05) is 24.8 Å². The van der Waals surface area contributed by atoms with Crippen LogP contribution in [-0.4, -0.2) is 15.7 Å². The van der Waals surface area contributed by atoms with E-state index in [9.17, 15) is 0 Å². The van der Waals surface area contributed by atoms with Crippen LogP contribution in [0.2, 0.25) is 0 Å². The molecule has 1 heterocycles. The molecule has 128 valence electrons. The number of hydrogen-bond acceptors (Lipinski definition) is 3. The predicted molar refractivity (Wildman–Crippen MR) is 102 cm³/mol. The normalized spacial score (nSPS) is 27.3. The van der Waals surface area contributed by atoms with Gasteiger partial charge in [0.2, 0.25) is 0 Å². The van der Waals surface area contributed by atoms with Crippen molar-refractivity contribution < 1.29 is 0 Å². The zero-order chi connectivity index (χ0) is 17.2. The quantitative estimate of drug-likeness (QED) is 0.730. The summed E-state index contributed by atoms with van der Waals surface area (Å²) in [6.45, 7) is 4.32. The summed E-state index contributed by atoms with van der Waals surface area (Å²) in [5, 5.41) is 8.50. The molecule has 5 rings (SSSR count). The number of aromatic nitrogens is 2. The zero-order valence-corrected chi connectivity index (χ0v) is 14.4. The van der Waals surface area contributed by atoms with E-state index in [1.807, 2.05) is 6.20 Å². The van der Waals surface area contributed by atoms with E-state index in [1.54, 1.807) is 6.20 Å². The molecule has 0 radical (unpaired) electrons. The van der Waals surface area contributed by atoms with Gasteiger partial charge < -0.3 is 11.5 Å². The minimum Gasteiger partial charge on any atom is -0.404 e. The second-order valence-corrected chi connectivity index (χ2v) is 8.04. The highest BCUT2D eigenvalue weighted by Gasteiger charge is 2.73. The highest BCUT2D eigenvalue weighted by molar-refractivity contribution is 5.90. The summed E-state index contributed by atoms with van der Waals surface area (Å²) in [7, 11) is 0. The van der Waals surface area contributed by atoms with E-state index in [2.05, 4.69) is 41.1 Å². The van der Waals surface area contributed by atoms with Gasteiger partial charge in [-0.3, -0.25) is 5.10 Å². The van der Waals surface area contributed by atoms with E-state index in [1.165, 1.54) is 42.2 Å². The minimum atomic E-state index is -0.216. The lowest BCUT2D eigenvalue weighted by Gasteiger charge is -2.13. The maximum absolute atomic E-state index is 6.57. The maximum Gasteiger partial charge on any atom is 0.0653 e. The van der Waals surface area contributed by atoms with Crippen molar-refractivity contribution in [2.45, 2.75) is 43.6 Å². The number of fused-ring (bicyclic) bond motifs is 1. The molecular weight excluding hydrogens is 308 g/mol. The van der Waals surface area contributed by atoms with Crippen molar-refractivity contribution in [1.82, 2.24) is 10.2 Å². The van der Waals surface area contributed by atoms with Crippen molar-refractivity contribution in [3.05, 3.63) is 60.0 Å². The average Bonchev–Trinajstić information content (AvgIpc) is 3.54. The van der Waals surface area contributed by atoms with Crippen molar-refractivity contribution in [3.63, 3.8) is 0 Å². The number of nitrogens with zero attached hydrogens (tertiary/aromatic N) is 1. The first-order valence-electron chi connectivity index (χ1n) is 9.13. The van der Waals surface area contributed by atoms with E-state index in [0.717, 1.165) is 23.1 Å². The van der Waals surface area contributed by atoms with Crippen molar-refractivity contribution in [2.24, 2.45) is 16.9 Å². The average molecular weight is 332 g/mol. The van der Waals surface area contributed by atoms with Gasteiger partial charge in [0.25, 0.3) is 0 Å². The van der Waals surface area contributed by atoms with E-state index in [4.69, 9.17) is 11.5 Å². The second-order valence-electron chi connectivity index (χ2n) is 8.04. The van der Waals surface area contributed by atoms with E-state index < -0.39 is 0 Å². The van der Waals surface area contributed by atoms with Gasteiger partial charge in [-0.2, -0.15) is 5.10 Å². The summed E-state index contributed by atoms with van der Waals surface area (Å²) in [5.74, 6) is 0.630. The summed E-state index contributed by atoms with van der Waals surface area (Å²) >= 11 is 0. The summed E-state index contributed by atoms with van der Waals surface area (Å²) in [4.78, 5) is 0. The van der Waals surface area contributed by atoms with Crippen LogP contribution in [-0.2, 0) is 0 Å². The van der Waals surface area contributed by atoms with Gasteiger partial charge in [-0.15, -0.1) is 0 Å². The first-order chi connectivity index (χ1) is 12.1. The van der Waals surface area contributed by atoms with Crippen molar-refractivity contribution in [3.8, 4) is 0 Å². The lowest BCUT2D eigenvalue weighted by molar-refractivity contribution is 0.685. The third-order valence-electron chi connectivity index (χ3n) is 6.45. The molecule has 3 saturated carbocycles. The van der Waals surface area contributed by atoms with Crippen molar-refractivity contribution in [1.29, 1.82) is 0 Å². The highest BCUT2D eigenvalue weighted by Crippen LogP contribution is 2.74. The standard InChI is InChI=1S/C21H24N4/c1-13(2-5-15(10-22)21(23)12-20(21)8-9-20)16-6-7-18-17(11-24-25-18)19(16)14-3-4-14/h2,5-7,10-11,14H,1,3-4,8-9,12,22-23H2,(H,24,25)/b5-2-,15-10+. The van der Waals surface area contributed by atoms with Gasteiger partial charge in [0.05, 0.1) is 11.7 Å². The Kier molecular flexibility index (Phi) is 2.91. The van der Waals surface area contributed by atoms with Gasteiger partial charge in [0.15, 0.2) is 0 Å². The molecule has 0 amide bonds. The largest absolute Gasteiger partial charge is 0.404 e. The molecule has 1 unspecified atom stereocenters. The number of nitrogens with one attached hydrogen (secondary N) is 1. The van der Waals surface area contributed by atoms with Gasteiger partial charge in [0.1, 0.15) is 0 Å². The molecule has 0 bridgehead atoms. The fraction of sp³-hybridized carbons (Fsp3) is 0.381. The molecule has 25 heavy (non-hydrogen) atoms. The van der Waals surface area contributed by atoms with Crippen molar-refractivity contribution in [2.75, 3.05) is 0 Å². The third kappa shape index (κ3) is 2.13. The summed E-state index contributed by atoms with van der Waals surface area (Å²) in [5.41, 5.74) is 18.3. The molecule has 2 aromatic rings. The Bertz CT molecular complexity index is 940. The fourth-order valence-corrected chi connectivity index (χ4v) is 4.44. The molecule has 4 heteroatoms. The minimum absolute atomic E-state index is 0.216. The van der Waals surface area contributed by atoms with Crippen LogP contribution >= 0.6 is 0 Å². The maximum atomic E-state index is 6.57. The Labute approximate surface area is 147 Å². The molecular formula is C21H24N4. The fourth-order valence-electron chi connectivity index (χ4n) is 4.44. The molecule has 0 saturated heterocycles. The molecule has 4 nitrogen and oxygen atoms in total. The van der Waals surface area contributed by atoms with E-state index in [-0.39, 0.29) is 5.54 Å². The molecule has 5 N–H and O–H groups in total. The number of aromatic amines is 1. The van der Waals surface area contributed by atoms with Crippen LogP contribution in [0.3, 0.4) is 0 Å². The zero-order valence-electron chi connectivity index (χ0n) is 14.4. The number of benzene rings is 1. The van der Waals surface area contributed by atoms with Crippen LogP contribution in [0.25, 0.3) is 16.5 Å².